The second-order valence-electron chi connectivity index (χ2n) is 6.40. The monoisotopic (exact) mass is 343 g/mol. The van der Waals surface area contributed by atoms with Crippen LogP contribution >= 0.6 is 0 Å². The van der Waals surface area contributed by atoms with Crippen molar-refractivity contribution in [1.29, 1.82) is 0 Å². The van der Waals surface area contributed by atoms with Gasteiger partial charge < -0.3 is 19.6 Å². The maximum atomic E-state index is 12.4. The lowest BCUT2D eigenvalue weighted by Crippen LogP contribution is -2.29. The fourth-order valence-corrected chi connectivity index (χ4v) is 3.55. The molecule has 25 heavy (non-hydrogen) atoms. The van der Waals surface area contributed by atoms with E-state index in [2.05, 4.69) is 10.4 Å². The Hall–Kier alpha value is -2.54. The smallest absolute Gasteiger partial charge is 0.341 e. The molecular formula is C18H21N3O4. The second kappa shape index (κ2) is 6.40. The molecule has 1 fully saturated rings. The molecule has 0 unspecified atom stereocenters. The number of phenolic OH excluding ortho intramolecular Hbond substituents is 1. The highest BCUT2D eigenvalue weighted by Crippen LogP contribution is 2.37. The van der Waals surface area contributed by atoms with Crippen LogP contribution in [0.25, 0.3) is 11.0 Å². The van der Waals surface area contributed by atoms with E-state index >= 15 is 0 Å². The van der Waals surface area contributed by atoms with Gasteiger partial charge in [0.15, 0.2) is 17.1 Å². The number of fused-ring (bicyclic) bond motifs is 3. The largest absolute Gasteiger partial charge is 0.504 e. The topological polar surface area (TPSA) is 87.3 Å². The molecule has 2 aromatic rings. The van der Waals surface area contributed by atoms with E-state index in [4.69, 9.17) is 9.15 Å². The molecule has 0 radical (unpaired) electrons. The number of aromatic hydroxyl groups is 1. The van der Waals surface area contributed by atoms with Gasteiger partial charge in [0.1, 0.15) is 0 Å². The van der Waals surface area contributed by atoms with Gasteiger partial charge >= 0.3 is 5.63 Å². The predicted molar refractivity (Wildman–Crippen MR) is 94.5 cm³/mol. The zero-order valence-electron chi connectivity index (χ0n) is 14.2. The minimum absolute atomic E-state index is 0.0602. The fourth-order valence-electron chi connectivity index (χ4n) is 3.55. The summed E-state index contributed by atoms with van der Waals surface area (Å²) in [6.45, 7) is 3.08. The van der Waals surface area contributed by atoms with Gasteiger partial charge in [-0.15, -0.1) is 0 Å². The third-order valence-corrected chi connectivity index (χ3v) is 4.89. The number of nitrogens with zero attached hydrogens (tertiary/aromatic N) is 2. The van der Waals surface area contributed by atoms with Gasteiger partial charge in [-0.1, -0.05) is 0 Å². The molecule has 2 N–H and O–H groups in total. The Balaban J connectivity index is 1.94. The number of hydrazone groups is 1. The Bertz CT molecular complexity index is 898. The number of hydrogen-bond donors (Lipinski definition) is 2. The second-order valence-corrected chi connectivity index (χ2v) is 6.40. The molecule has 3 heterocycles. The van der Waals surface area contributed by atoms with Crippen LogP contribution in [0, 0.1) is 0 Å². The van der Waals surface area contributed by atoms with E-state index in [1.165, 1.54) is 7.11 Å². The maximum absolute atomic E-state index is 12.4. The normalized spacial score (nSPS) is 17.4. The summed E-state index contributed by atoms with van der Waals surface area (Å²) in [4.78, 5) is 12.4. The summed E-state index contributed by atoms with van der Waals surface area (Å²) in [6.07, 6.45) is 4.52. The fraction of sp³-hybridized carbons (Fsp3) is 0.444. The SMILES string of the molecule is COc1cc2c3c(c(=O)oc2c(/C=N/N2CCCC2)c1O)CNCC3. The number of nitrogens with one attached hydrogen (secondary N) is 1. The number of phenols is 1. The Morgan fingerprint density at radius 1 is 1.36 bits per heavy atom. The summed E-state index contributed by atoms with van der Waals surface area (Å²) in [5.41, 5.74) is 2.00. The first-order valence-corrected chi connectivity index (χ1v) is 8.57. The summed E-state index contributed by atoms with van der Waals surface area (Å²) >= 11 is 0. The first-order chi connectivity index (χ1) is 12.2. The summed E-state index contributed by atoms with van der Waals surface area (Å²) in [5.74, 6) is 0.292. The van der Waals surface area contributed by atoms with Crippen LogP contribution in [-0.4, -0.2) is 43.1 Å². The third-order valence-electron chi connectivity index (χ3n) is 4.89. The standard InChI is InChI=1S/C18H21N3O4/c1-24-15-8-12-11-4-5-19-9-13(11)18(23)25-17(12)14(16(15)22)10-20-21-6-2-3-7-21/h8,10,19,22H,2-7,9H2,1H3/b20-10+. The summed E-state index contributed by atoms with van der Waals surface area (Å²) in [7, 11) is 1.51. The molecule has 1 saturated heterocycles. The van der Waals surface area contributed by atoms with Crippen molar-refractivity contribution in [2.45, 2.75) is 25.8 Å². The van der Waals surface area contributed by atoms with E-state index in [1.54, 1.807) is 12.3 Å². The third kappa shape index (κ3) is 2.74. The summed E-state index contributed by atoms with van der Waals surface area (Å²) < 4.78 is 10.9. The van der Waals surface area contributed by atoms with E-state index in [-0.39, 0.29) is 11.4 Å². The molecule has 132 valence electrons. The average molecular weight is 343 g/mol. The molecule has 0 amide bonds. The molecule has 7 nitrogen and oxygen atoms in total. The highest BCUT2D eigenvalue weighted by molar-refractivity contribution is 6.02. The molecule has 1 aromatic heterocycles. The number of rotatable bonds is 3. The number of benzene rings is 1. The molecule has 7 heteroatoms. The molecule has 0 saturated carbocycles. The molecule has 0 aliphatic carbocycles. The van der Waals surface area contributed by atoms with Gasteiger partial charge in [0, 0.05) is 25.0 Å². The first kappa shape index (κ1) is 16.0. The van der Waals surface area contributed by atoms with Crippen LogP contribution in [0.5, 0.6) is 11.5 Å². The van der Waals surface area contributed by atoms with Gasteiger partial charge in [-0.3, -0.25) is 5.01 Å². The predicted octanol–water partition coefficient (Wildman–Crippen LogP) is 1.58. The highest BCUT2D eigenvalue weighted by atomic mass is 16.5. The van der Waals surface area contributed by atoms with Crippen LogP contribution in [0.3, 0.4) is 0 Å². The zero-order valence-corrected chi connectivity index (χ0v) is 14.2. The molecule has 0 atom stereocenters. The average Bonchev–Trinajstić information content (AvgIpc) is 3.15. The number of hydrogen-bond acceptors (Lipinski definition) is 7. The van der Waals surface area contributed by atoms with Crippen molar-refractivity contribution < 1.29 is 14.3 Å². The van der Waals surface area contributed by atoms with E-state index in [1.807, 2.05) is 5.01 Å². The van der Waals surface area contributed by atoms with Gasteiger partial charge in [-0.2, -0.15) is 5.10 Å². The Labute approximate surface area is 144 Å². The van der Waals surface area contributed by atoms with Crippen molar-refractivity contribution >= 4 is 17.2 Å². The number of methoxy groups -OCH3 is 1. The van der Waals surface area contributed by atoms with Crippen molar-refractivity contribution in [3.05, 3.63) is 33.2 Å². The lowest BCUT2D eigenvalue weighted by molar-refractivity contribution is 0.361. The molecule has 2 aliphatic heterocycles. The van der Waals surface area contributed by atoms with Gasteiger partial charge in [-0.05, 0) is 37.4 Å². The lowest BCUT2D eigenvalue weighted by Gasteiger charge is -2.19. The minimum atomic E-state index is -0.366. The van der Waals surface area contributed by atoms with E-state index in [0.29, 0.717) is 29.0 Å². The Morgan fingerprint density at radius 2 is 2.16 bits per heavy atom. The first-order valence-electron chi connectivity index (χ1n) is 8.57. The van der Waals surface area contributed by atoms with Crippen molar-refractivity contribution in [2.24, 2.45) is 5.10 Å². The van der Waals surface area contributed by atoms with Crippen molar-refractivity contribution in [2.75, 3.05) is 26.7 Å². The Kier molecular flexibility index (Phi) is 4.09. The molecule has 1 aromatic carbocycles. The van der Waals surface area contributed by atoms with Gasteiger partial charge in [-0.25, -0.2) is 4.79 Å². The van der Waals surface area contributed by atoms with E-state index in [9.17, 15) is 9.90 Å². The summed E-state index contributed by atoms with van der Waals surface area (Å²) in [5, 5.41) is 20.9. The molecule has 4 rings (SSSR count). The van der Waals surface area contributed by atoms with Crippen LogP contribution in [0.1, 0.15) is 29.5 Å². The van der Waals surface area contributed by atoms with Crippen LogP contribution in [-0.2, 0) is 13.0 Å². The minimum Gasteiger partial charge on any atom is -0.504 e. The van der Waals surface area contributed by atoms with Crippen LogP contribution < -0.4 is 15.7 Å². The summed E-state index contributed by atoms with van der Waals surface area (Å²) in [6, 6.07) is 1.74. The molecule has 0 spiro atoms. The van der Waals surface area contributed by atoms with Gasteiger partial charge in [0.05, 0.1) is 24.5 Å². The van der Waals surface area contributed by atoms with Gasteiger partial charge in [0.2, 0.25) is 0 Å². The van der Waals surface area contributed by atoms with Crippen LogP contribution in [0.2, 0.25) is 0 Å². The highest BCUT2D eigenvalue weighted by Gasteiger charge is 2.23. The quantitative estimate of drug-likeness (QED) is 0.650. The van der Waals surface area contributed by atoms with Gasteiger partial charge in [0.25, 0.3) is 0 Å². The number of ether oxygens (including phenoxy) is 1. The van der Waals surface area contributed by atoms with Crippen LogP contribution in [0.15, 0.2) is 20.4 Å². The molecule has 0 bridgehead atoms. The van der Waals surface area contributed by atoms with Crippen molar-refractivity contribution in [3.63, 3.8) is 0 Å². The zero-order chi connectivity index (χ0) is 17.4. The lowest BCUT2D eigenvalue weighted by atomic mass is 9.96. The van der Waals surface area contributed by atoms with E-state index in [0.717, 1.165) is 49.8 Å². The van der Waals surface area contributed by atoms with Crippen molar-refractivity contribution in [3.8, 4) is 11.5 Å². The Morgan fingerprint density at radius 3 is 2.92 bits per heavy atom. The molecule has 2 aliphatic rings. The van der Waals surface area contributed by atoms with Crippen molar-refractivity contribution in [1.82, 2.24) is 10.3 Å². The van der Waals surface area contributed by atoms with E-state index < -0.39 is 0 Å². The maximum Gasteiger partial charge on any atom is 0.341 e. The van der Waals surface area contributed by atoms with Crippen LogP contribution in [0.4, 0.5) is 0 Å². The molecular weight excluding hydrogens is 322 g/mol.